The molecule has 0 saturated heterocycles. The Labute approximate surface area is 102 Å². The van der Waals surface area contributed by atoms with Crippen LogP contribution < -0.4 is 5.32 Å². The second-order valence-electron chi connectivity index (χ2n) is 3.46. The molecule has 2 heterocycles. The number of anilines is 1. The van der Waals surface area contributed by atoms with Crippen LogP contribution in [-0.4, -0.2) is 17.0 Å². The predicted octanol–water partition coefficient (Wildman–Crippen LogP) is 3.16. The van der Waals surface area contributed by atoms with E-state index in [1.165, 1.54) is 0 Å². The molecule has 0 fully saturated rings. The third kappa shape index (κ3) is 1.95. The molecule has 16 heavy (non-hydrogen) atoms. The lowest BCUT2D eigenvalue weighted by Crippen LogP contribution is -2.02. The molecular weight excluding hydrogens is 270 g/mol. The average Bonchev–Trinajstić information content (AvgIpc) is 2.69. The number of hydrogen-bond donors (Lipinski definition) is 1. The van der Waals surface area contributed by atoms with Crippen LogP contribution in [0.15, 0.2) is 21.2 Å². The third-order valence-corrected chi connectivity index (χ3v) is 2.85. The van der Waals surface area contributed by atoms with Crippen LogP contribution in [0, 0.1) is 13.8 Å². The van der Waals surface area contributed by atoms with Gasteiger partial charge < -0.3 is 9.73 Å². The summed E-state index contributed by atoms with van der Waals surface area (Å²) in [5.41, 5.74) is 2.00. The van der Waals surface area contributed by atoms with Gasteiger partial charge in [-0.3, -0.25) is 0 Å². The van der Waals surface area contributed by atoms with Crippen LogP contribution in [0.1, 0.15) is 11.3 Å². The normalized spacial score (nSPS) is 10.5. The van der Waals surface area contributed by atoms with Gasteiger partial charge in [0.2, 0.25) is 0 Å². The highest BCUT2D eigenvalue weighted by Crippen LogP contribution is 2.25. The van der Waals surface area contributed by atoms with E-state index in [1.54, 1.807) is 0 Å². The van der Waals surface area contributed by atoms with E-state index in [9.17, 15) is 0 Å². The molecule has 0 saturated carbocycles. The Morgan fingerprint density at radius 3 is 2.56 bits per heavy atom. The predicted molar refractivity (Wildman–Crippen MR) is 66.5 cm³/mol. The molecule has 4 nitrogen and oxygen atoms in total. The summed E-state index contributed by atoms with van der Waals surface area (Å²) in [5.74, 6) is 2.08. The molecule has 0 amide bonds. The Kier molecular flexibility index (Phi) is 2.96. The minimum absolute atomic E-state index is 0.596. The molecule has 0 unspecified atom stereocenters. The lowest BCUT2D eigenvalue weighted by Gasteiger charge is -2.07. The summed E-state index contributed by atoms with van der Waals surface area (Å²) in [6.07, 6.45) is 0. The first-order chi connectivity index (χ1) is 7.61. The van der Waals surface area contributed by atoms with Crippen molar-refractivity contribution in [2.24, 2.45) is 0 Å². The SMILES string of the molecule is CNc1nc(-c2ccc(Br)o2)nc(C)c1C. The largest absolute Gasteiger partial charge is 0.446 e. The maximum Gasteiger partial charge on any atom is 0.197 e. The number of aryl methyl sites for hydroxylation is 1. The molecule has 2 aromatic rings. The van der Waals surface area contributed by atoms with Gasteiger partial charge in [-0.1, -0.05) is 0 Å². The molecule has 0 aliphatic carbocycles. The first kappa shape index (κ1) is 11.1. The molecule has 0 aliphatic rings. The Hall–Kier alpha value is -1.36. The summed E-state index contributed by atoms with van der Waals surface area (Å²) in [6, 6.07) is 3.67. The molecule has 0 bridgehead atoms. The fraction of sp³-hybridized carbons (Fsp3) is 0.273. The van der Waals surface area contributed by atoms with Crippen molar-refractivity contribution in [3.8, 4) is 11.6 Å². The van der Waals surface area contributed by atoms with Gasteiger partial charge in [-0.2, -0.15) is 0 Å². The number of nitrogens with one attached hydrogen (secondary N) is 1. The van der Waals surface area contributed by atoms with E-state index in [-0.39, 0.29) is 0 Å². The van der Waals surface area contributed by atoms with Crippen LogP contribution in [0.4, 0.5) is 5.82 Å². The summed E-state index contributed by atoms with van der Waals surface area (Å²) in [7, 11) is 1.84. The van der Waals surface area contributed by atoms with Crippen molar-refractivity contribution in [3.05, 3.63) is 28.1 Å². The molecular formula is C11H12BrN3O. The molecule has 2 rings (SSSR count). The molecule has 0 aromatic carbocycles. The summed E-state index contributed by atoms with van der Waals surface area (Å²) < 4.78 is 6.10. The quantitative estimate of drug-likeness (QED) is 0.919. The molecule has 2 aromatic heterocycles. The molecule has 84 valence electrons. The van der Waals surface area contributed by atoms with Crippen LogP contribution >= 0.6 is 15.9 Å². The molecule has 0 aliphatic heterocycles. The fourth-order valence-corrected chi connectivity index (χ4v) is 1.72. The van der Waals surface area contributed by atoms with Crippen LogP contribution in [0.2, 0.25) is 0 Å². The number of furan rings is 1. The maximum atomic E-state index is 5.43. The van der Waals surface area contributed by atoms with E-state index >= 15 is 0 Å². The van der Waals surface area contributed by atoms with Gasteiger partial charge in [0.1, 0.15) is 5.82 Å². The van der Waals surface area contributed by atoms with Gasteiger partial charge in [0, 0.05) is 18.3 Å². The van der Waals surface area contributed by atoms with Crippen LogP contribution in [0.5, 0.6) is 0 Å². The number of halogens is 1. The van der Waals surface area contributed by atoms with Gasteiger partial charge in [0.15, 0.2) is 16.3 Å². The first-order valence-electron chi connectivity index (χ1n) is 4.90. The minimum Gasteiger partial charge on any atom is -0.446 e. The van der Waals surface area contributed by atoms with Crippen molar-refractivity contribution in [1.82, 2.24) is 9.97 Å². The second-order valence-corrected chi connectivity index (χ2v) is 4.24. The van der Waals surface area contributed by atoms with E-state index in [4.69, 9.17) is 4.42 Å². The summed E-state index contributed by atoms with van der Waals surface area (Å²) >= 11 is 3.26. The minimum atomic E-state index is 0.596. The first-order valence-corrected chi connectivity index (χ1v) is 5.70. The number of aromatic nitrogens is 2. The summed E-state index contributed by atoms with van der Waals surface area (Å²) in [5, 5.41) is 3.05. The van der Waals surface area contributed by atoms with E-state index in [2.05, 4.69) is 31.2 Å². The molecule has 1 N–H and O–H groups in total. The Bertz CT molecular complexity index is 522. The zero-order valence-electron chi connectivity index (χ0n) is 9.34. The lowest BCUT2D eigenvalue weighted by molar-refractivity contribution is 0.551. The number of rotatable bonds is 2. The van der Waals surface area contributed by atoms with E-state index in [0.29, 0.717) is 16.3 Å². The second kappa shape index (κ2) is 4.25. The Morgan fingerprint density at radius 1 is 1.25 bits per heavy atom. The molecule has 0 spiro atoms. The van der Waals surface area contributed by atoms with Crippen molar-refractivity contribution >= 4 is 21.7 Å². The lowest BCUT2D eigenvalue weighted by atomic mass is 10.2. The van der Waals surface area contributed by atoms with E-state index in [1.807, 2.05) is 33.0 Å². The van der Waals surface area contributed by atoms with Gasteiger partial charge in [-0.15, -0.1) is 0 Å². The average molecular weight is 282 g/mol. The topological polar surface area (TPSA) is 51.0 Å². The highest BCUT2D eigenvalue weighted by molar-refractivity contribution is 9.10. The van der Waals surface area contributed by atoms with Crippen LogP contribution in [-0.2, 0) is 0 Å². The monoisotopic (exact) mass is 281 g/mol. The summed E-state index contributed by atoms with van der Waals surface area (Å²) in [6.45, 7) is 3.95. The van der Waals surface area contributed by atoms with Crippen LogP contribution in [0.25, 0.3) is 11.6 Å². The fourth-order valence-electron chi connectivity index (χ4n) is 1.42. The number of hydrogen-bond acceptors (Lipinski definition) is 4. The van der Waals surface area contributed by atoms with Crippen molar-refractivity contribution in [2.45, 2.75) is 13.8 Å². The van der Waals surface area contributed by atoms with Gasteiger partial charge >= 0.3 is 0 Å². The van der Waals surface area contributed by atoms with E-state index in [0.717, 1.165) is 17.1 Å². The maximum absolute atomic E-state index is 5.43. The van der Waals surface area contributed by atoms with Crippen molar-refractivity contribution in [3.63, 3.8) is 0 Å². The van der Waals surface area contributed by atoms with Crippen molar-refractivity contribution < 1.29 is 4.42 Å². The van der Waals surface area contributed by atoms with Gasteiger partial charge in [-0.05, 0) is 41.9 Å². The van der Waals surface area contributed by atoms with E-state index < -0.39 is 0 Å². The highest BCUT2D eigenvalue weighted by atomic mass is 79.9. The number of nitrogens with zero attached hydrogens (tertiary/aromatic N) is 2. The van der Waals surface area contributed by atoms with Crippen molar-refractivity contribution in [1.29, 1.82) is 0 Å². The Balaban J connectivity index is 2.54. The molecule has 0 atom stereocenters. The zero-order chi connectivity index (χ0) is 11.7. The van der Waals surface area contributed by atoms with Gasteiger partial charge in [0.05, 0.1) is 0 Å². The van der Waals surface area contributed by atoms with Gasteiger partial charge in [-0.25, -0.2) is 9.97 Å². The third-order valence-electron chi connectivity index (χ3n) is 2.42. The molecule has 0 radical (unpaired) electrons. The van der Waals surface area contributed by atoms with Gasteiger partial charge in [0.25, 0.3) is 0 Å². The summed E-state index contributed by atoms with van der Waals surface area (Å²) in [4.78, 5) is 8.80. The standard InChI is InChI=1S/C11H12BrN3O/c1-6-7(2)14-11(15-10(6)13-3)8-4-5-9(12)16-8/h4-5H,1-3H3,(H,13,14,15). The zero-order valence-corrected chi connectivity index (χ0v) is 10.9. The highest BCUT2D eigenvalue weighted by Gasteiger charge is 2.11. The molecule has 5 heteroatoms. The van der Waals surface area contributed by atoms with Crippen LogP contribution in [0.3, 0.4) is 0 Å². The van der Waals surface area contributed by atoms with Crippen molar-refractivity contribution in [2.75, 3.05) is 12.4 Å². The smallest absolute Gasteiger partial charge is 0.197 e. The Morgan fingerprint density at radius 2 is 2.00 bits per heavy atom.